The lowest BCUT2D eigenvalue weighted by molar-refractivity contribution is 0.794. The molecule has 8 aromatic carbocycles. The second-order valence-corrected chi connectivity index (χ2v) is 16.4. The molecule has 0 unspecified atom stereocenters. The summed E-state index contributed by atoms with van der Waals surface area (Å²) in [6, 6.07) is 71.5. The first-order valence-electron chi connectivity index (χ1n) is 21.3. The first-order chi connectivity index (χ1) is 30.8. The van der Waals surface area contributed by atoms with E-state index >= 15 is 0 Å². The van der Waals surface area contributed by atoms with E-state index in [0.29, 0.717) is 17.5 Å². The van der Waals surface area contributed by atoms with Gasteiger partial charge in [0.25, 0.3) is 0 Å². The molecule has 2 heterocycles. The van der Waals surface area contributed by atoms with Crippen LogP contribution in [0.5, 0.6) is 0 Å². The minimum atomic E-state index is -0.404. The summed E-state index contributed by atoms with van der Waals surface area (Å²) in [6.07, 6.45) is 6.67. The molecule has 288 valence electrons. The highest BCUT2D eigenvalue weighted by Gasteiger charge is 2.52. The fourth-order valence-corrected chi connectivity index (χ4v) is 10.7. The van der Waals surface area contributed by atoms with E-state index in [1.807, 2.05) is 48.5 Å². The molecule has 4 nitrogen and oxygen atoms in total. The van der Waals surface area contributed by atoms with Crippen LogP contribution in [-0.4, -0.2) is 19.5 Å². The van der Waals surface area contributed by atoms with Gasteiger partial charge in [-0.25, -0.2) is 15.0 Å². The van der Waals surface area contributed by atoms with Crippen molar-refractivity contribution in [3.05, 3.63) is 234 Å². The van der Waals surface area contributed by atoms with E-state index in [4.69, 9.17) is 15.0 Å². The van der Waals surface area contributed by atoms with Gasteiger partial charge in [-0.3, -0.25) is 0 Å². The summed E-state index contributed by atoms with van der Waals surface area (Å²) >= 11 is 0. The summed E-state index contributed by atoms with van der Waals surface area (Å²) in [7, 11) is 0. The molecule has 0 aliphatic heterocycles. The molecule has 3 aliphatic carbocycles. The van der Waals surface area contributed by atoms with Gasteiger partial charge in [0, 0.05) is 44.6 Å². The van der Waals surface area contributed by atoms with E-state index in [-0.39, 0.29) is 0 Å². The molecule has 1 spiro atoms. The number of rotatable bonds is 5. The Morgan fingerprint density at radius 3 is 1.79 bits per heavy atom. The monoisotopic (exact) mass is 788 g/mol. The summed E-state index contributed by atoms with van der Waals surface area (Å²) in [5, 5.41) is 1.30. The van der Waals surface area contributed by atoms with Crippen molar-refractivity contribution in [3.63, 3.8) is 0 Å². The Kier molecular flexibility index (Phi) is 7.52. The fraction of sp³-hybridized carbons (Fsp3) is 0.0517. The van der Waals surface area contributed by atoms with Gasteiger partial charge in [-0.15, -0.1) is 0 Å². The normalized spacial score (nSPS) is 13.6. The number of fused-ring (bicyclic) bond motifs is 14. The number of hydrogen-bond acceptors (Lipinski definition) is 3. The summed E-state index contributed by atoms with van der Waals surface area (Å²) in [4.78, 5) is 15.1. The van der Waals surface area contributed by atoms with Gasteiger partial charge in [0.05, 0.1) is 10.9 Å². The van der Waals surface area contributed by atoms with Crippen molar-refractivity contribution in [1.82, 2.24) is 19.5 Å². The Labute approximate surface area is 360 Å². The molecule has 0 fully saturated rings. The number of aromatic nitrogens is 4. The first-order valence-corrected chi connectivity index (χ1v) is 21.3. The Hall–Kier alpha value is -8.13. The molecule has 0 saturated heterocycles. The zero-order chi connectivity index (χ0) is 40.8. The lowest BCUT2D eigenvalue weighted by atomic mass is 9.70. The zero-order valence-corrected chi connectivity index (χ0v) is 33.7. The fourth-order valence-electron chi connectivity index (χ4n) is 10.7. The Morgan fingerprint density at radius 1 is 0.468 bits per heavy atom. The van der Waals surface area contributed by atoms with E-state index in [2.05, 4.69) is 162 Å². The van der Waals surface area contributed by atoms with E-state index in [0.717, 1.165) is 46.3 Å². The number of hydrogen-bond donors (Lipinski definition) is 0. The van der Waals surface area contributed by atoms with Crippen molar-refractivity contribution in [3.8, 4) is 73.2 Å². The smallest absolute Gasteiger partial charge is 0.164 e. The lowest BCUT2D eigenvalue weighted by Gasteiger charge is -2.30. The van der Waals surface area contributed by atoms with E-state index in [9.17, 15) is 0 Å². The highest BCUT2D eigenvalue weighted by molar-refractivity contribution is 6.08. The van der Waals surface area contributed by atoms with Gasteiger partial charge in [-0.1, -0.05) is 176 Å². The molecule has 2 aromatic heterocycles. The van der Waals surface area contributed by atoms with Gasteiger partial charge >= 0.3 is 0 Å². The van der Waals surface area contributed by atoms with Crippen molar-refractivity contribution in [2.75, 3.05) is 0 Å². The van der Waals surface area contributed by atoms with Crippen molar-refractivity contribution < 1.29 is 0 Å². The molecule has 13 rings (SSSR count). The summed E-state index contributed by atoms with van der Waals surface area (Å²) in [6.45, 7) is 0. The summed E-state index contributed by atoms with van der Waals surface area (Å²) < 4.78 is 2.57. The number of benzene rings is 7. The quantitative estimate of drug-likeness (QED) is 0.174. The minimum Gasteiger partial charge on any atom is -0.312 e. The predicted molar refractivity (Wildman–Crippen MR) is 250 cm³/mol. The molecule has 0 N–H and O–H groups in total. The highest BCUT2D eigenvalue weighted by atomic mass is 15.0. The van der Waals surface area contributed by atoms with Gasteiger partial charge in [-0.05, 0) is 93.2 Å². The van der Waals surface area contributed by atoms with Crippen LogP contribution in [0.1, 0.15) is 39.9 Å². The van der Waals surface area contributed by atoms with Gasteiger partial charge in [0.2, 0.25) is 0 Å². The molecule has 62 heavy (non-hydrogen) atoms. The van der Waals surface area contributed by atoms with E-state index < -0.39 is 5.41 Å². The molecule has 0 amide bonds. The Bertz CT molecular complexity index is 3350. The average Bonchev–Trinajstić information content (AvgIpc) is 3.96. The van der Waals surface area contributed by atoms with Gasteiger partial charge in [-0.2, -0.15) is 0 Å². The molecule has 0 radical (unpaired) electrons. The molecule has 3 aliphatic rings. The van der Waals surface area contributed by atoms with Gasteiger partial charge in [0.1, 0.15) is 0 Å². The molecule has 10 aromatic rings. The maximum Gasteiger partial charge on any atom is 0.164 e. The third-order valence-corrected chi connectivity index (χ3v) is 13.2. The summed E-state index contributed by atoms with van der Waals surface area (Å²) in [5.74, 6) is 1.85. The van der Waals surface area contributed by atoms with Gasteiger partial charge < -0.3 is 4.57 Å². The average molecular weight is 789 g/mol. The molecule has 0 atom stereocenters. The van der Waals surface area contributed by atoms with Crippen molar-refractivity contribution in [2.24, 2.45) is 0 Å². The van der Waals surface area contributed by atoms with Crippen LogP contribution in [0.2, 0.25) is 0 Å². The molecule has 0 bridgehead atoms. The maximum atomic E-state index is 5.09. The topological polar surface area (TPSA) is 43.6 Å². The third-order valence-electron chi connectivity index (χ3n) is 13.2. The van der Waals surface area contributed by atoms with Crippen LogP contribution >= 0.6 is 0 Å². The zero-order valence-electron chi connectivity index (χ0n) is 33.7. The number of nitrogens with zero attached hydrogens (tertiary/aromatic N) is 4. The maximum absolute atomic E-state index is 5.09. The van der Waals surface area contributed by atoms with Crippen molar-refractivity contribution >= 4 is 17.0 Å². The number of allylic oxidation sites excluding steroid dienone is 1. The van der Waals surface area contributed by atoms with Crippen molar-refractivity contribution in [2.45, 2.75) is 18.3 Å². The predicted octanol–water partition coefficient (Wildman–Crippen LogP) is 13.4. The molecule has 0 saturated carbocycles. The van der Waals surface area contributed by atoms with Crippen LogP contribution in [-0.2, 0) is 11.8 Å². The first kappa shape index (κ1) is 34.7. The van der Waals surface area contributed by atoms with Crippen LogP contribution in [0.25, 0.3) is 90.2 Å². The second-order valence-electron chi connectivity index (χ2n) is 16.4. The SMILES string of the molecule is c1ccc(-c2nc(-c3ccccc3)nc(-c3ccccc3-c3ccc(-n4c5c(c6ccc7c(c64)-c4ccccc4C74c6ccccc6-c6ccccc64)C=CCC5)cc3)n2)cc#1. The highest BCUT2D eigenvalue weighted by Crippen LogP contribution is 2.64. The van der Waals surface area contributed by atoms with Crippen molar-refractivity contribution in [1.29, 1.82) is 0 Å². The van der Waals surface area contributed by atoms with E-state index in [1.165, 1.54) is 66.7 Å². The van der Waals surface area contributed by atoms with Crippen LogP contribution in [0.15, 0.2) is 188 Å². The lowest BCUT2D eigenvalue weighted by Crippen LogP contribution is -2.25. The minimum absolute atomic E-state index is 0.404. The van der Waals surface area contributed by atoms with Crippen LogP contribution < -0.4 is 0 Å². The standard InChI is InChI=1S/C58H36N4/c1-3-17-38(18-4-1)55-59-56(39-19-5-2-6-20-39)61-57(60-55)46-25-8-7-21-41(46)37-31-33-40(34-32-37)62-52-30-16-12-24-44(52)45-35-36-51-53(54(45)62)47-26-11-15-29-50(47)58(51)48-27-13-9-22-42(48)43-23-10-14-28-49(43)58/h1,3-5,7-15,17-29,31-36H,16,30H2. The summed E-state index contributed by atoms with van der Waals surface area (Å²) in [5.41, 5.74) is 20.3. The Balaban J connectivity index is 0.999. The largest absolute Gasteiger partial charge is 0.312 e. The third kappa shape index (κ3) is 4.88. The molecular weight excluding hydrogens is 753 g/mol. The molecular formula is C58H36N4. The van der Waals surface area contributed by atoms with Crippen LogP contribution in [0, 0.1) is 12.1 Å². The van der Waals surface area contributed by atoms with Crippen LogP contribution in [0.4, 0.5) is 0 Å². The Morgan fingerprint density at radius 2 is 1.08 bits per heavy atom. The van der Waals surface area contributed by atoms with Gasteiger partial charge in [0.15, 0.2) is 17.5 Å². The van der Waals surface area contributed by atoms with Crippen LogP contribution in [0.3, 0.4) is 0 Å². The molecule has 4 heteroatoms. The van der Waals surface area contributed by atoms with E-state index in [1.54, 1.807) is 0 Å². The second kappa shape index (κ2) is 13.4.